The van der Waals surface area contributed by atoms with Crippen molar-refractivity contribution in [1.29, 1.82) is 0 Å². The lowest BCUT2D eigenvalue weighted by Gasteiger charge is -2.36. The Bertz CT molecular complexity index is 784. The van der Waals surface area contributed by atoms with E-state index in [1.165, 1.54) is 13.2 Å². The molecule has 0 atom stereocenters. The van der Waals surface area contributed by atoms with Crippen LogP contribution in [-0.4, -0.2) is 44.1 Å². The third kappa shape index (κ3) is 3.92. The van der Waals surface area contributed by atoms with Crippen LogP contribution in [0.15, 0.2) is 48.5 Å². The van der Waals surface area contributed by atoms with Crippen molar-refractivity contribution in [2.24, 2.45) is 0 Å². The number of halogens is 3. The van der Waals surface area contributed by atoms with Crippen LogP contribution in [0, 0.1) is 0 Å². The molecule has 2 aromatic rings. The number of hydrogen-bond donors (Lipinski definition) is 0. The minimum Gasteiger partial charge on any atom is -0.497 e. The first-order valence-corrected chi connectivity index (χ1v) is 8.24. The molecule has 1 fully saturated rings. The van der Waals surface area contributed by atoms with E-state index in [9.17, 15) is 18.0 Å². The van der Waals surface area contributed by atoms with Crippen LogP contribution in [0.3, 0.4) is 0 Å². The van der Waals surface area contributed by atoms with Crippen LogP contribution in [0.1, 0.15) is 15.9 Å². The number of anilines is 1. The summed E-state index contributed by atoms with van der Waals surface area (Å²) in [7, 11) is 1.54. The van der Waals surface area contributed by atoms with E-state index in [2.05, 4.69) is 0 Å². The number of ether oxygens (including phenoxy) is 1. The molecule has 1 saturated heterocycles. The van der Waals surface area contributed by atoms with Crippen molar-refractivity contribution < 1.29 is 22.7 Å². The maximum absolute atomic E-state index is 12.9. The molecular weight excluding hydrogens is 345 g/mol. The van der Waals surface area contributed by atoms with E-state index in [1.54, 1.807) is 35.2 Å². The zero-order valence-electron chi connectivity index (χ0n) is 14.3. The van der Waals surface area contributed by atoms with E-state index < -0.39 is 11.7 Å². The quantitative estimate of drug-likeness (QED) is 0.833. The number of carbonyl (C=O) groups is 1. The smallest absolute Gasteiger partial charge is 0.416 e. The van der Waals surface area contributed by atoms with Gasteiger partial charge in [0.05, 0.1) is 12.7 Å². The molecule has 1 aliphatic rings. The highest BCUT2D eigenvalue weighted by atomic mass is 19.4. The number of benzene rings is 2. The van der Waals surface area contributed by atoms with Crippen LogP contribution in [0.5, 0.6) is 5.75 Å². The van der Waals surface area contributed by atoms with Gasteiger partial charge in [-0.05, 0) is 36.4 Å². The molecule has 0 radical (unpaired) electrons. The molecule has 0 unspecified atom stereocenters. The monoisotopic (exact) mass is 364 g/mol. The van der Waals surface area contributed by atoms with Gasteiger partial charge in [0, 0.05) is 37.4 Å². The van der Waals surface area contributed by atoms with Gasteiger partial charge in [-0.1, -0.05) is 12.1 Å². The summed E-state index contributed by atoms with van der Waals surface area (Å²) in [5.41, 5.74) is 0.398. The fraction of sp³-hybridized carbons (Fsp3) is 0.316. The van der Waals surface area contributed by atoms with E-state index in [0.29, 0.717) is 43.2 Å². The van der Waals surface area contributed by atoms with E-state index in [-0.39, 0.29) is 5.91 Å². The lowest BCUT2D eigenvalue weighted by atomic mass is 10.1. The Hall–Kier alpha value is -2.70. The van der Waals surface area contributed by atoms with Crippen molar-refractivity contribution in [3.8, 4) is 5.75 Å². The standard InChI is InChI=1S/C19H19F3N2O2/c1-26-17-7-2-4-14(12-17)18(25)24-10-8-23(9-11-24)16-6-3-5-15(13-16)19(20,21)22/h2-7,12-13H,8-11H2,1H3. The molecule has 0 bridgehead atoms. The predicted molar refractivity (Wildman–Crippen MR) is 92.6 cm³/mol. The summed E-state index contributed by atoms with van der Waals surface area (Å²) in [6.45, 7) is 1.87. The second kappa shape index (κ2) is 7.27. The molecule has 7 heteroatoms. The highest BCUT2D eigenvalue weighted by Gasteiger charge is 2.31. The van der Waals surface area contributed by atoms with Crippen molar-refractivity contribution in [2.45, 2.75) is 6.18 Å². The fourth-order valence-electron chi connectivity index (χ4n) is 2.99. The van der Waals surface area contributed by atoms with E-state index in [1.807, 2.05) is 4.90 Å². The molecule has 1 amide bonds. The average molecular weight is 364 g/mol. The van der Waals surface area contributed by atoms with Crippen molar-refractivity contribution in [2.75, 3.05) is 38.2 Å². The van der Waals surface area contributed by atoms with Crippen molar-refractivity contribution in [1.82, 2.24) is 4.90 Å². The summed E-state index contributed by atoms with van der Waals surface area (Å²) in [5, 5.41) is 0. The highest BCUT2D eigenvalue weighted by Crippen LogP contribution is 2.32. The molecule has 0 spiro atoms. The molecule has 0 N–H and O–H groups in total. The Kier molecular flexibility index (Phi) is 5.06. The molecule has 3 rings (SSSR count). The van der Waals surface area contributed by atoms with Crippen LogP contribution >= 0.6 is 0 Å². The lowest BCUT2D eigenvalue weighted by Crippen LogP contribution is -2.48. The van der Waals surface area contributed by atoms with Crippen molar-refractivity contribution >= 4 is 11.6 Å². The number of piperazine rings is 1. The number of methoxy groups -OCH3 is 1. The fourth-order valence-corrected chi connectivity index (χ4v) is 2.99. The zero-order valence-corrected chi connectivity index (χ0v) is 14.3. The average Bonchev–Trinajstić information content (AvgIpc) is 2.67. The molecule has 0 saturated carbocycles. The van der Waals surface area contributed by atoms with Gasteiger partial charge in [-0.25, -0.2) is 0 Å². The third-order valence-corrected chi connectivity index (χ3v) is 4.42. The third-order valence-electron chi connectivity index (χ3n) is 4.42. The second-order valence-electron chi connectivity index (χ2n) is 6.06. The Labute approximate surface area is 149 Å². The topological polar surface area (TPSA) is 32.8 Å². The normalized spacial score (nSPS) is 15.1. The molecule has 0 aromatic heterocycles. The Balaban J connectivity index is 1.66. The van der Waals surface area contributed by atoms with Crippen molar-refractivity contribution in [3.63, 3.8) is 0 Å². The molecule has 1 aliphatic heterocycles. The first-order chi connectivity index (χ1) is 12.4. The van der Waals surface area contributed by atoms with Crippen LogP contribution < -0.4 is 9.64 Å². The molecule has 26 heavy (non-hydrogen) atoms. The van der Waals surface area contributed by atoms with Gasteiger partial charge in [-0.15, -0.1) is 0 Å². The molecule has 138 valence electrons. The van der Waals surface area contributed by atoms with Gasteiger partial charge in [0.25, 0.3) is 5.91 Å². The SMILES string of the molecule is COc1cccc(C(=O)N2CCN(c3cccc(C(F)(F)F)c3)CC2)c1. The van der Waals surface area contributed by atoms with E-state index >= 15 is 0 Å². The summed E-state index contributed by atoms with van der Waals surface area (Å²) in [6, 6.07) is 12.2. The number of hydrogen-bond acceptors (Lipinski definition) is 3. The summed E-state index contributed by atoms with van der Waals surface area (Å²) in [4.78, 5) is 16.2. The highest BCUT2D eigenvalue weighted by molar-refractivity contribution is 5.94. The maximum atomic E-state index is 12.9. The largest absolute Gasteiger partial charge is 0.497 e. The van der Waals surface area contributed by atoms with E-state index in [4.69, 9.17) is 4.74 Å². The number of amides is 1. The number of carbonyl (C=O) groups excluding carboxylic acids is 1. The minimum absolute atomic E-state index is 0.104. The maximum Gasteiger partial charge on any atom is 0.416 e. The van der Waals surface area contributed by atoms with Crippen LogP contribution in [-0.2, 0) is 6.18 Å². The van der Waals surface area contributed by atoms with Crippen LogP contribution in [0.25, 0.3) is 0 Å². The van der Waals surface area contributed by atoms with Gasteiger partial charge in [-0.3, -0.25) is 4.79 Å². The zero-order chi connectivity index (χ0) is 18.7. The summed E-state index contributed by atoms with van der Waals surface area (Å²) < 4.78 is 43.7. The lowest BCUT2D eigenvalue weighted by molar-refractivity contribution is -0.137. The molecular formula is C19H19F3N2O2. The van der Waals surface area contributed by atoms with Gasteiger partial charge in [0.15, 0.2) is 0 Å². The van der Waals surface area contributed by atoms with Gasteiger partial charge in [-0.2, -0.15) is 13.2 Å². The Morgan fingerprint density at radius 1 is 1.00 bits per heavy atom. The molecule has 4 nitrogen and oxygen atoms in total. The Morgan fingerprint density at radius 2 is 1.69 bits per heavy atom. The van der Waals surface area contributed by atoms with Gasteiger partial charge < -0.3 is 14.5 Å². The summed E-state index contributed by atoms with van der Waals surface area (Å²) >= 11 is 0. The van der Waals surface area contributed by atoms with Gasteiger partial charge >= 0.3 is 6.18 Å². The van der Waals surface area contributed by atoms with Crippen LogP contribution in [0.2, 0.25) is 0 Å². The summed E-state index contributed by atoms with van der Waals surface area (Å²) in [6.07, 6.45) is -4.36. The minimum atomic E-state index is -4.36. The predicted octanol–water partition coefficient (Wildman–Crippen LogP) is 3.68. The molecule has 0 aliphatic carbocycles. The van der Waals surface area contributed by atoms with Crippen LogP contribution in [0.4, 0.5) is 18.9 Å². The summed E-state index contributed by atoms with van der Waals surface area (Å²) in [5.74, 6) is 0.506. The first-order valence-electron chi connectivity index (χ1n) is 8.24. The van der Waals surface area contributed by atoms with Gasteiger partial charge in [0.1, 0.15) is 5.75 Å². The Morgan fingerprint density at radius 3 is 2.35 bits per heavy atom. The van der Waals surface area contributed by atoms with Crippen molar-refractivity contribution in [3.05, 3.63) is 59.7 Å². The number of rotatable bonds is 3. The van der Waals surface area contributed by atoms with Gasteiger partial charge in [0.2, 0.25) is 0 Å². The van der Waals surface area contributed by atoms with E-state index in [0.717, 1.165) is 12.1 Å². The molecule has 2 aromatic carbocycles. The second-order valence-corrected chi connectivity index (χ2v) is 6.06. The number of nitrogens with zero attached hydrogens (tertiary/aromatic N) is 2. The molecule has 1 heterocycles. The first kappa shape index (κ1) is 18.1. The number of alkyl halides is 3.